The molecule has 98 valence electrons. The zero-order chi connectivity index (χ0) is 13.1. The predicted molar refractivity (Wildman–Crippen MR) is 67.6 cm³/mol. The van der Waals surface area contributed by atoms with E-state index in [9.17, 15) is 4.79 Å². The molecule has 0 atom stereocenters. The van der Waals surface area contributed by atoms with E-state index in [1.165, 1.54) is 0 Å². The number of carbonyl (C=O) groups is 1. The van der Waals surface area contributed by atoms with Crippen molar-refractivity contribution in [2.24, 2.45) is 5.92 Å². The summed E-state index contributed by atoms with van der Waals surface area (Å²) in [5.41, 5.74) is 0. The number of carboxylic acids is 1. The molecule has 0 fully saturated rings. The van der Waals surface area contributed by atoms with Crippen molar-refractivity contribution in [2.45, 2.75) is 46.0 Å². The molecule has 4 nitrogen and oxygen atoms in total. The average Bonchev–Trinajstić information content (AvgIpc) is 2.23. The van der Waals surface area contributed by atoms with Crippen molar-refractivity contribution in [2.75, 3.05) is 19.6 Å². The summed E-state index contributed by atoms with van der Waals surface area (Å²) < 4.78 is 0. The highest BCUT2D eigenvalue weighted by Gasteiger charge is 2.06. The Kier molecular flexibility index (Phi) is 9.46. The predicted octanol–water partition coefficient (Wildman–Crippen LogP) is 2.50. The van der Waals surface area contributed by atoms with Crippen LogP contribution in [0.1, 0.15) is 46.0 Å². The number of aliphatic carboxylic acids is 1. The van der Waals surface area contributed by atoms with E-state index in [1.807, 2.05) is 0 Å². The first-order valence-corrected chi connectivity index (χ1v) is 6.37. The molecule has 0 aromatic carbocycles. The standard InChI is InChI=1S/C13H24N2O2/c1-12(2)11-15(10-6-8-14)9-5-3-4-7-13(16)17/h12H,3-7,9-11H2,1-2H3,(H,16,17). The summed E-state index contributed by atoms with van der Waals surface area (Å²) in [7, 11) is 0. The second-order valence-electron chi connectivity index (χ2n) is 4.81. The summed E-state index contributed by atoms with van der Waals surface area (Å²) in [5, 5.41) is 17.1. The number of unbranched alkanes of at least 4 members (excludes halogenated alkanes) is 2. The third-order valence-electron chi connectivity index (χ3n) is 2.53. The molecular formula is C13H24N2O2. The Labute approximate surface area is 104 Å². The summed E-state index contributed by atoms with van der Waals surface area (Å²) in [6.45, 7) is 7.15. The Bertz CT molecular complexity index is 246. The van der Waals surface area contributed by atoms with Crippen LogP contribution in [0.5, 0.6) is 0 Å². The summed E-state index contributed by atoms with van der Waals surface area (Å²) in [5.74, 6) is -0.110. The lowest BCUT2D eigenvalue weighted by atomic mass is 10.1. The van der Waals surface area contributed by atoms with Crippen molar-refractivity contribution < 1.29 is 9.90 Å². The van der Waals surface area contributed by atoms with Gasteiger partial charge in [-0.15, -0.1) is 0 Å². The van der Waals surface area contributed by atoms with Crippen LogP contribution in [0.25, 0.3) is 0 Å². The third kappa shape index (κ3) is 11.2. The summed E-state index contributed by atoms with van der Waals surface area (Å²) in [6, 6.07) is 2.17. The van der Waals surface area contributed by atoms with Gasteiger partial charge in [-0.3, -0.25) is 4.79 Å². The van der Waals surface area contributed by atoms with Crippen LogP contribution in [0.4, 0.5) is 0 Å². The van der Waals surface area contributed by atoms with Gasteiger partial charge in [-0.05, 0) is 25.3 Å². The van der Waals surface area contributed by atoms with Gasteiger partial charge in [-0.2, -0.15) is 5.26 Å². The molecule has 4 heteroatoms. The monoisotopic (exact) mass is 240 g/mol. The minimum absolute atomic E-state index is 0.266. The minimum Gasteiger partial charge on any atom is -0.481 e. The molecule has 0 saturated carbocycles. The largest absolute Gasteiger partial charge is 0.481 e. The van der Waals surface area contributed by atoms with Gasteiger partial charge >= 0.3 is 5.97 Å². The number of nitriles is 1. The normalized spacial score (nSPS) is 10.8. The molecule has 0 bridgehead atoms. The fraction of sp³-hybridized carbons (Fsp3) is 0.846. The van der Waals surface area contributed by atoms with E-state index < -0.39 is 5.97 Å². The van der Waals surface area contributed by atoms with Gasteiger partial charge in [0.2, 0.25) is 0 Å². The van der Waals surface area contributed by atoms with Gasteiger partial charge in [0.1, 0.15) is 0 Å². The molecule has 0 aromatic rings. The molecule has 0 amide bonds. The van der Waals surface area contributed by atoms with E-state index in [2.05, 4.69) is 24.8 Å². The second-order valence-corrected chi connectivity index (χ2v) is 4.81. The van der Waals surface area contributed by atoms with Gasteiger partial charge in [0.05, 0.1) is 6.07 Å². The number of hydrogen-bond acceptors (Lipinski definition) is 3. The van der Waals surface area contributed by atoms with Crippen LogP contribution in [-0.2, 0) is 4.79 Å². The van der Waals surface area contributed by atoms with Crippen molar-refractivity contribution in [3.8, 4) is 6.07 Å². The highest BCUT2D eigenvalue weighted by atomic mass is 16.4. The van der Waals surface area contributed by atoms with E-state index >= 15 is 0 Å². The van der Waals surface area contributed by atoms with E-state index in [1.54, 1.807) is 0 Å². The van der Waals surface area contributed by atoms with Crippen LogP contribution < -0.4 is 0 Å². The quantitative estimate of drug-likeness (QED) is 0.596. The van der Waals surface area contributed by atoms with Crippen LogP contribution in [0.3, 0.4) is 0 Å². The lowest BCUT2D eigenvalue weighted by Crippen LogP contribution is -2.29. The maximum atomic E-state index is 10.3. The molecule has 0 radical (unpaired) electrons. The van der Waals surface area contributed by atoms with Gasteiger partial charge < -0.3 is 10.0 Å². The molecule has 0 aliphatic carbocycles. The maximum Gasteiger partial charge on any atom is 0.303 e. The third-order valence-corrected chi connectivity index (χ3v) is 2.53. The zero-order valence-corrected chi connectivity index (χ0v) is 11.0. The molecule has 1 N–H and O–H groups in total. The highest BCUT2D eigenvalue weighted by Crippen LogP contribution is 2.05. The Balaban J connectivity index is 3.68. The second kappa shape index (κ2) is 10.1. The van der Waals surface area contributed by atoms with Crippen LogP contribution in [-0.4, -0.2) is 35.6 Å². The van der Waals surface area contributed by atoms with Crippen molar-refractivity contribution in [3.63, 3.8) is 0 Å². The Hall–Kier alpha value is -1.08. The van der Waals surface area contributed by atoms with Crippen LogP contribution >= 0.6 is 0 Å². The summed E-state index contributed by atoms with van der Waals surface area (Å²) in [4.78, 5) is 12.6. The Morgan fingerprint density at radius 2 is 2.00 bits per heavy atom. The molecule has 17 heavy (non-hydrogen) atoms. The van der Waals surface area contributed by atoms with Gasteiger partial charge in [-0.25, -0.2) is 0 Å². The topological polar surface area (TPSA) is 64.3 Å². The molecule has 0 heterocycles. The molecule has 0 spiro atoms. The first-order valence-electron chi connectivity index (χ1n) is 6.37. The molecule has 0 saturated heterocycles. The van der Waals surface area contributed by atoms with E-state index in [4.69, 9.17) is 10.4 Å². The van der Waals surface area contributed by atoms with Gasteiger partial charge in [0.25, 0.3) is 0 Å². The van der Waals surface area contributed by atoms with E-state index in [-0.39, 0.29) is 6.42 Å². The molecule has 0 aliphatic rings. The van der Waals surface area contributed by atoms with Crippen molar-refractivity contribution in [1.29, 1.82) is 5.26 Å². The maximum absolute atomic E-state index is 10.3. The lowest BCUT2D eigenvalue weighted by molar-refractivity contribution is -0.137. The zero-order valence-electron chi connectivity index (χ0n) is 11.0. The van der Waals surface area contributed by atoms with E-state index in [0.29, 0.717) is 12.3 Å². The lowest BCUT2D eigenvalue weighted by Gasteiger charge is -2.23. The SMILES string of the molecule is CC(C)CN(CCC#N)CCCCCC(=O)O. The first kappa shape index (κ1) is 15.9. The highest BCUT2D eigenvalue weighted by molar-refractivity contribution is 5.66. The fourth-order valence-electron chi connectivity index (χ4n) is 1.81. The number of carboxylic acid groups (broad SMARTS) is 1. The number of nitrogens with zero attached hydrogens (tertiary/aromatic N) is 2. The smallest absolute Gasteiger partial charge is 0.303 e. The average molecular weight is 240 g/mol. The van der Waals surface area contributed by atoms with Gasteiger partial charge in [0, 0.05) is 25.9 Å². The molecular weight excluding hydrogens is 216 g/mol. The molecule has 0 unspecified atom stereocenters. The van der Waals surface area contributed by atoms with Crippen LogP contribution in [0, 0.1) is 17.2 Å². The summed E-state index contributed by atoms with van der Waals surface area (Å²) in [6.07, 6.45) is 3.56. The van der Waals surface area contributed by atoms with Gasteiger partial charge in [0.15, 0.2) is 0 Å². The fourth-order valence-corrected chi connectivity index (χ4v) is 1.81. The van der Waals surface area contributed by atoms with Crippen LogP contribution in [0.15, 0.2) is 0 Å². The van der Waals surface area contributed by atoms with Crippen molar-refractivity contribution in [3.05, 3.63) is 0 Å². The van der Waals surface area contributed by atoms with Crippen LogP contribution in [0.2, 0.25) is 0 Å². The molecule has 0 rings (SSSR count). The van der Waals surface area contributed by atoms with E-state index in [0.717, 1.165) is 38.9 Å². The van der Waals surface area contributed by atoms with Crippen molar-refractivity contribution >= 4 is 5.97 Å². The first-order chi connectivity index (χ1) is 8.06. The number of rotatable bonds is 10. The molecule has 0 aliphatic heterocycles. The Morgan fingerprint density at radius 1 is 1.29 bits per heavy atom. The molecule has 0 aromatic heterocycles. The minimum atomic E-state index is -0.714. The summed E-state index contributed by atoms with van der Waals surface area (Å²) >= 11 is 0. The van der Waals surface area contributed by atoms with Gasteiger partial charge in [-0.1, -0.05) is 20.3 Å². The Morgan fingerprint density at radius 3 is 2.53 bits per heavy atom. The number of hydrogen-bond donors (Lipinski definition) is 1. The van der Waals surface area contributed by atoms with Crippen molar-refractivity contribution in [1.82, 2.24) is 4.90 Å².